The second-order valence-electron chi connectivity index (χ2n) is 4.77. The maximum Gasteiger partial charge on any atom is 0.303 e. The highest BCUT2D eigenvalue weighted by Gasteiger charge is 2.15. The largest absolute Gasteiger partial charge is 0.486 e. The summed E-state index contributed by atoms with van der Waals surface area (Å²) in [5, 5.41) is 11.4. The number of rotatable bonds is 5. The number of fused-ring (bicyclic) bond motifs is 1. The van der Waals surface area contributed by atoms with Crippen LogP contribution in [0.4, 0.5) is 0 Å². The maximum absolute atomic E-state index is 12.0. The third-order valence-corrected chi connectivity index (χ3v) is 2.94. The molecule has 0 saturated carbocycles. The molecule has 0 aromatic heterocycles. The standard InChI is InChI=1S/C14H17NO5/c1-9(6-13(16)17)8-15-14(18)10-2-3-11-12(7-10)20-5-4-19-11/h2-3,7,9H,4-6,8H2,1H3,(H,15,18)(H,16,17)/t9-/m0/s1. The van der Waals surface area contributed by atoms with E-state index in [2.05, 4.69) is 5.32 Å². The zero-order valence-corrected chi connectivity index (χ0v) is 11.2. The van der Waals surface area contributed by atoms with Crippen molar-refractivity contribution in [2.45, 2.75) is 13.3 Å². The molecule has 1 heterocycles. The van der Waals surface area contributed by atoms with E-state index in [4.69, 9.17) is 14.6 Å². The lowest BCUT2D eigenvalue weighted by Crippen LogP contribution is -2.29. The fraction of sp³-hybridized carbons (Fsp3) is 0.429. The fourth-order valence-corrected chi connectivity index (χ4v) is 1.92. The first kappa shape index (κ1) is 14.2. The van der Waals surface area contributed by atoms with Crippen molar-refractivity contribution in [2.24, 2.45) is 5.92 Å². The molecule has 108 valence electrons. The van der Waals surface area contributed by atoms with Crippen LogP contribution in [-0.2, 0) is 4.79 Å². The number of hydrogen-bond acceptors (Lipinski definition) is 4. The molecule has 0 spiro atoms. The molecule has 1 atom stereocenters. The topological polar surface area (TPSA) is 84.9 Å². The third kappa shape index (κ3) is 3.63. The Balaban J connectivity index is 1.94. The molecular formula is C14H17NO5. The van der Waals surface area contributed by atoms with Gasteiger partial charge in [-0.2, -0.15) is 0 Å². The van der Waals surface area contributed by atoms with Gasteiger partial charge in [-0.3, -0.25) is 9.59 Å². The van der Waals surface area contributed by atoms with E-state index in [0.29, 0.717) is 36.8 Å². The SMILES string of the molecule is C[C@H](CNC(=O)c1ccc2c(c1)OCCO2)CC(=O)O. The lowest BCUT2D eigenvalue weighted by atomic mass is 10.1. The van der Waals surface area contributed by atoms with Crippen molar-refractivity contribution in [3.63, 3.8) is 0 Å². The summed E-state index contributed by atoms with van der Waals surface area (Å²) in [4.78, 5) is 22.5. The molecule has 0 aliphatic carbocycles. The van der Waals surface area contributed by atoms with Gasteiger partial charge in [0, 0.05) is 18.5 Å². The number of benzene rings is 1. The van der Waals surface area contributed by atoms with Gasteiger partial charge in [0.25, 0.3) is 5.91 Å². The highest BCUT2D eigenvalue weighted by Crippen LogP contribution is 2.30. The number of aliphatic carboxylic acids is 1. The first-order valence-electron chi connectivity index (χ1n) is 6.46. The summed E-state index contributed by atoms with van der Waals surface area (Å²) in [6.07, 6.45) is 0.0292. The Morgan fingerprint density at radius 3 is 2.70 bits per heavy atom. The molecular weight excluding hydrogens is 262 g/mol. The second-order valence-corrected chi connectivity index (χ2v) is 4.77. The Morgan fingerprint density at radius 2 is 2.00 bits per heavy atom. The smallest absolute Gasteiger partial charge is 0.303 e. The molecule has 0 saturated heterocycles. The summed E-state index contributed by atoms with van der Waals surface area (Å²) in [6, 6.07) is 4.99. The Labute approximate surface area is 116 Å². The Bertz CT molecular complexity index is 514. The van der Waals surface area contributed by atoms with E-state index in [-0.39, 0.29) is 18.2 Å². The Morgan fingerprint density at radius 1 is 1.30 bits per heavy atom. The number of amides is 1. The molecule has 1 aliphatic rings. The van der Waals surface area contributed by atoms with Crippen molar-refractivity contribution >= 4 is 11.9 Å². The highest BCUT2D eigenvalue weighted by atomic mass is 16.6. The molecule has 20 heavy (non-hydrogen) atoms. The molecule has 0 bridgehead atoms. The molecule has 2 N–H and O–H groups in total. The quantitative estimate of drug-likeness (QED) is 0.848. The molecule has 0 radical (unpaired) electrons. The van der Waals surface area contributed by atoms with Crippen LogP contribution in [0.1, 0.15) is 23.7 Å². The van der Waals surface area contributed by atoms with Gasteiger partial charge < -0.3 is 19.9 Å². The van der Waals surface area contributed by atoms with Gasteiger partial charge in [0.2, 0.25) is 0 Å². The number of carboxylic acid groups (broad SMARTS) is 1. The van der Waals surface area contributed by atoms with Crippen molar-refractivity contribution in [1.29, 1.82) is 0 Å². The average Bonchev–Trinajstić information content (AvgIpc) is 2.43. The maximum atomic E-state index is 12.0. The van der Waals surface area contributed by atoms with Crippen molar-refractivity contribution in [3.8, 4) is 11.5 Å². The van der Waals surface area contributed by atoms with Crippen molar-refractivity contribution in [1.82, 2.24) is 5.32 Å². The zero-order chi connectivity index (χ0) is 14.5. The Kier molecular flexibility index (Phi) is 4.45. The predicted molar refractivity (Wildman–Crippen MR) is 71.2 cm³/mol. The molecule has 1 amide bonds. The summed E-state index contributed by atoms with van der Waals surface area (Å²) in [5.74, 6) is -0.0477. The average molecular weight is 279 g/mol. The van der Waals surface area contributed by atoms with Crippen LogP contribution in [0.3, 0.4) is 0 Å². The van der Waals surface area contributed by atoms with E-state index in [0.717, 1.165) is 0 Å². The van der Waals surface area contributed by atoms with Gasteiger partial charge in [0.1, 0.15) is 13.2 Å². The van der Waals surface area contributed by atoms with Crippen LogP contribution in [0.5, 0.6) is 11.5 Å². The number of carboxylic acids is 1. The van der Waals surface area contributed by atoms with Crippen molar-refractivity contribution < 1.29 is 24.2 Å². The highest BCUT2D eigenvalue weighted by molar-refractivity contribution is 5.94. The van der Waals surface area contributed by atoms with Gasteiger partial charge in [-0.05, 0) is 24.1 Å². The molecule has 6 nitrogen and oxygen atoms in total. The molecule has 1 aromatic carbocycles. The van der Waals surface area contributed by atoms with Gasteiger partial charge in [-0.25, -0.2) is 0 Å². The molecule has 6 heteroatoms. The van der Waals surface area contributed by atoms with E-state index in [1.807, 2.05) is 0 Å². The number of carbonyl (C=O) groups is 2. The lowest BCUT2D eigenvalue weighted by Gasteiger charge is -2.19. The molecule has 0 unspecified atom stereocenters. The van der Waals surface area contributed by atoms with E-state index in [9.17, 15) is 9.59 Å². The van der Waals surface area contributed by atoms with E-state index >= 15 is 0 Å². The number of ether oxygens (including phenoxy) is 2. The summed E-state index contributed by atoms with van der Waals surface area (Å²) in [7, 11) is 0. The minimum absolute atomic E-state index is 0.0292. The number of hydrogen-bond donors (Lipinski definition) is 2. The minimum Gasteiger partial charge on any atom is -0.486 e. The molecule has 1 aromatic rings. The van der Waals surface area contributed by atoms with Gasteiger partial charge in [-0.1, -0.05) is 6.92 Å². The van der Waals surface area contributed by atoms with Gasteiger partial charge in [0.05, 0.1) is 0 Å². The van der Waals surface area contributed by atoms with E-state index < -0.39 is 5.97 Å². The van der Waals surface area contributed by atoms with Crippen LogP contribution in [0.2, 0.25) is 0 Å². The summed E-state index contributed by atoms with van der Waals surface area (Å²) in [6.45, 7) is 3.07. The van der Waals surface area contributed by atoms with E-state index in [1.165, 1.54) is 0 Å². The fourth-order valence-electron chi connectivity index (χ4n) is 1.92. The summed E-state index contributed by atoms with van der Waals surface area (Å²) < 4.78 is 10.8. The third-order valence-electron chi connectivity index (χ3n) is 2.94. The minimum atomic E-state index is -0.869. The normalized spacial score (nSPS) is 14.4. The summed E-state index contributed by atoms with van der Waals surface area (Å²) >= 11 is 0. The van der Waals surface area contributed by atoms with Crippen LogP contribution in [0.15, 0.2) is 18.2 Å². The van der Waals surface area contributed by atoms with Crippen molar-refractivity contribution in [3.05, 3.63) is 23.8 Å². The van der Waals surface area contributed by atoms with Crippen LogP contribution in [-0.4, -0.2) is 36.7 Å². The number of nitrogens with one attached hydrogen (secondary N) is 1. The van der Waals surface area contributed by atoms with Crippen LogP contribution >= 0.6 is 0 Å². The lowest BCUT2D eigenvalue weighted by molar-refractivity contribution is -0.137. The van der Waals surface area contributed by atoms with E-state index in [1.54, 1.807) is 25.1 Å². The Hall–Kier alpha value is -2.24. The summed E-state index contributed by atoms with van der Waals surface area (Å²) in [5.41, 5.74) is 0.469. The van der Waals surface area contributed by atoms with Gasteiger partial charge >= 0.3 is 5.97 Å². The molecule has 1 aliphatic heterocycles. The first-order valence-corrected chi connectivity index (χ1v) is 6.46. The van der Waals surface area contributed by atoms with Gasteiger partial charge in [0.15, 0.2) is 11.5 Å². The molecule has 2 rings (SSSR count). The molecule has 0 fully saturated rings. The van der Waals surface area contributed by atoms with Crippen molar-refractivity contribution in [2.75, 3.05) is 19.8 Å². The van der Waals surface area contributed by atoms with Crippen LogP contribution in [0, 0.1) is 5.92 Å². The zero-order valence-electron chi connectivity index (χ0n) is 11.2. The second kappa shape index (κ2) is 6.27. The van der Waals surface area contributed by atoms with Crippen LogP contribution < -0.4 is 14.8 Å². The first-order chi connectivity index (χ1) is 9.56. The monoisotopic (exact) mass is 279 g/mol. The van der Waals surface area contributed by atoms with Gasteiger partial charge in [-0.15, -0.1) is 0 Å². The number of carbonyl (C=O) groups excluding carboxylic acids is 1. The predicted octanol–water partition coefficient (Wildman–Crippen LogP) is 1.30. The van der Waals surface area contributed by atoms with Crippen LogP contribution in [0.25, 0.3) is 0 Å².